The molecule has 2 nitrogen and oxygen atoms in total. The van der Waals surface area contributed by atoms with Gasteiger partial charge in [-0.25, -0.2) is 0 Å². The summed E-state index contributed by atoms with van der Waals surface area (Å²) in [6.07, 6.45) is 3.03. The van der Waals surface area contributed by atoms with E-state index < -0.39 is 16.2 Å². The number of hydrogen-bond donors (Lipinski definition) is 1. The van der Waals surface area contributed by atoms with Crippen LogP contribution < -0.4 is 0 Å². The lowest BCUT2D eigenvalue weighted by atomic mass is 9.88. The minimum absolute atomic E-state index is 0.421. The van der Waals surface area contributed by atoms with Crippen molar-refractivity contribution in [3.05, 3.63) is 0 Å². The summed E-state index contributed by atoms with van der Waals surface area (Å²) in [6.45, 7) is 0. The van der Waals surface area contributed by atoms with Gasteiger partial charge in [-0.2, -0.15) is 0 Å². The first kappa shape index (κ1) is 9.14. The molecule has 1 rings (SSSR count). The summed E-state index contributed by atoms with van der Waals surface area (Å²) in [5.41, 5.74) is 0. The van der Waals surface area contributed by atoms with Gasteiger partial charge in [0.15, 0.2) is 4.87 Å². The van der Waals surface area contributed by atoms with Gasteiger partial charge in [0.25, 0.3) is 0 Å². The summed E-state index contributed by atoms with van der Waals surface area (Å²) in [6, 6.07) is 0. The van der Waals surface area contributed by atoms with Gasteiger partial charge >= 0.3 is 5.97 Å². The lowest BCUT2D eigenvalue weighted by Gasteiger charge is -2.31. The number of aliphatic carboxylic acids is 1. The van der Waals surface area contributed by atoms with Crippen LogP contribution in [0.3, 0.4) is 0 Å². The van der Waals surface area contributed by atoms with E-state index in [-0.39, 0.29) is 0 Å². The first-order valence-corrected chi connectivity index (χ1v) is 4.45. The van der Waals surface area contributed by atoms with Crippen molar-refractivity contribution in [2.45, 2.75) is 35.9 Å². The first-order valence-electron chi connectivity index (χ1n) is 3.64. The van der Waals surface area contributed by atoms with Crippen LogP contribution in [-0.4, -0.2) is 21.3 Å². The van der Waals surface area contributed by atoms with Crippen LogP contribution >= 0.6 is 23.2 Å². The topological polar surface area (TPSA) is 37.3 Å². The maximum absolute atomic E-state index is 10.7. The Labute approximate surface area is 75.5 Å². The Morgan fingerprint density at radius 1 is 1.55 bits per heavy atom. The third-order valence-electron chi connectivity index (χ3n) is 2.10. The van der Waals surface area contributed by atoms with Gasteiger partial charge in [-0.15, -0.1) is 23.2 Å². The minimum Gasteiger partial charge on any atom is -0.480 e. The highest BCUT2D eigenvalue weighted by Gasteiger charge is 2.44. The second-order valence-electron chi connectivity index (χ2n) is 2.88. The van der Waals surface area contributed by atoms with Gasteiger partial charge in [-0.3, -0.25) is 4.79 Å². The summed E-state index contributed by atoms with van der Waals surface area (Å²) >= 11 is 11.6. The van der Waals surface area contributed by atoms with Gasteiger partial charge in [0.2, 0.25) is 0 Å². The fourth-order valence-electron chi connectivity index (χ4n) is 1.33. The van der Waals surface area contributed by atoms with Gasteiger partial charge in [-0.1, -0.05) is 12.8 Å². The maximum Gasteiger partial charge on any atom is 0.326 e. The van der Waals surface area contributed by atoms with E-state index in [0.29, 0.717) is 12.8 Å². The molecule has 1 aliphatic carbocycles. The third-order valence-corrected chi connectivity index (χ3v) is 3.42. The zero-order valence-electron chi connectivity index (χ0n) is 6.02. The normalized spacial score (nSPS) is 38.5. The lowest BCUT2D eigenvalue weighted by molar-refractivity contribution is -0.140. The molecule has 4 heteroatoms. The molecule has 1 aliphatic rings. The molecular formula is C7H10Cl2O2. The standard InChI is InChI=1S/C7H10Cl2O2/c8-5-3-1-2-4-7(5,9)6(10)11/h5H,1-4H2,(H,10,11). The molecule has 1 fully saturated rings. The van der Waals surface area contributed by atoms with E-state index in [0.717, 1.165) is 12.8 Å². The average molecular weight is 197 g/mol. The molecule has 2 atom stereocenters. The molecule has 0 aromatic heterocycles. The zero-order valence-corrected chi connectivity index (χ0v) is 7.53. The van der Waals surface area contributed by atoms with Crippen LogP contribution in [0.2, 0.25) is 0 Å². The number of carboxylic acids is 1. The van der Waals surface area contributed by atoms with E-state index in [2.05, 4.69) is 0 Å². The van der Waals surface area contributed by atoms with Crippen molar-refractivity contribution >= 4 is 29.2 Å². The largest absolute Gasteiger partial charge is 0.480 e. The number of rotatable bonds is 1. The summed E-state index contributed by atoms with van der Waals surface area (Å²) in [7, 11) is 0. The van der Waals surface area contributed by atoms with Crippen molar-refractivity contribution in [1.29, 1.82) is 0 Å². The Morgan fingerprint density at radius 3 is 2.55 bits per heavy atom. The van der Waals surface area contributed by atoms with Crippen molar-refractivity contribution in [3.8, 4) is 0 Å². The Hall–Kier alpha value is 0.0500. The number of carboxylic acid groups (broad SMARTS) is 1. The molecule has 2 unspecified atom stereocenters. The molecule has 11 heavy (non-hydrogen) atoms. The highest BCUT2D eigenvalue weighted by molar-refractivity contribution is 6.40. The van der Waals surface area contributed by atoms with Crippen LogP contribution in [0, 0.1) is 0 Å². The maximum atomic E-state index is 10.7. The van der Waals surface area contributed by atoms with E-state index in [4.69, 9.17) is 28.3 Å². The first-order chi connectivity index (χ1) is 5.07. The minimum atomic E-state index is -1.21. The molecule has 0 amide bonds. The van der Waals surface area contributed by atoms with Crippen LogP contribution in [-0.2, 0) is 4.79 Å². The highest BCUT2D eigenvalue weighted by Crippen LogP contribution is 2.37. The van der Waals surface area contributed by atoms with Crippen LogP contribution in [0.15, 0.2) is 0 Å². The molecule has 0 heterocycles. The summed E-state index contributed by atoms with van der Waals surface area (Å²) in [5, 5.41) is 8.33. The predicted molar refractivity (Wildman–Crippen MR) is 44.3 cm³/mol. The van der Waals surface area contributed by atoms with Crippen molar-refractivity contribution in [2.75, 3.05) is 0 Å². The molecule has 0 aliphatic heterocycles. The highest BCUT2D eigenvalue weighted by atomic mass is 35.5. The zero-order chi connectivity index (χ0) is 8.48. The van der Waals surface area contributed by atoms with Gasteiger partial charge < -0.3 is 5.11 Å². The molecule has 0 spiro atoms. The lowest BCUT2D eigenvalue weighted by Crippen LogP contribution is -2.43. The molecule has 0 saturated heterocycles. The van der Waals surface area contributed by atoms with Gasteiger partial charge in [0, 0.05) is 0 Å². The number of halogens is 2. The average Bonchev–Trinajstić information content (AvgIpc) is 1.95. The van der Waals surface area contributed by atoms with Crippen molar-refractivity contribution in [3.63, 3.8) is 0 Å². The van der Waals surface area contributed by atoms with Gasteiger partial charge in [-0.05, 0) is 12.8 Å². The van der Waals surface area contributed by atoms with Crippen molar-refractivity contribution in [2.24, 2.45) is 0 Å². The Kier molecular flexibility index (Phi) is 2.66. The molecule has 1 saturated carbocycles. The summed E-state index contributed by atoms with van der Waals surface area (Å²) in [5.74, 6) is -0.987. The molecule has 0 aromatic carbocycles. The van der Waals surface area contributed by atoms with Crippen LogP contribution in [0.5, 0.6) is 0 Å². The Bertz CT molecular complexity index is 172. The molecular weight excluding hydrogens is 187 g/mol. The summed E-state index contributed by atoms with van der Waals surface area (Å²) < 4.78 is 0. The van der Waals surface area contributed by atoms with Gasteiger partial charge in [0.05, 0.1) is 5.38 Å². The second-order valence-corrected chi connectivity index (χ2v) is 4.08. The SMILES string of the molecule is O=C(O)C1(Cl)CCCCC1Cl. The quantitative estimate of drug-likeness (QED) is 0.654. The van der Waals surface area contributed by atoms with Crippen molar-refractivity contribution in [1.82, 2.24) is 0 Å². The number of hydrogen-bond acceptors (Lipinski definition) is 1. The number of carbonyl (C=O) groups is 1. The van der Waals surface area contributed by atoms with Crippen molar-refractivity contribution < 1.29 is 9.90 Å². The molecule has 64 valence electrons. The second kappa shape index (κ2) is 3.20. The molecule has 0 aromatic rings. The molecule has 0 radical (unpaired) electrons. The fraction of sp³-hybridized carbons (Fsp3) is 0.857. The van der Waals surface area contributed by atoms with E-state index in [1.165, 1.54) is 0 Å². The molecule has 0 bridgehead atoms. The van der Waals surface area contributed by atoms with E-state index in [1.807, 2.05) is 0 Å². The van der Waals surface area contributed by atoms with E-state index in [1.54, 1.807) is 0 Å². The van der Waals surface area contributed by atoms with E-state index >= 15 is 0 Å². The predicted octanol–water partition coefficient (Wildman–Crippen LogP) is 2.23. The third kappa shape index (κ3) is 1.62. The Balaban J connectivity index is 2.72. The monoisotopic (exact) mass is 196 g/mol. The Morgan fingerprint density at radius 2 is 2.18 bits per heavy atom. The van der Waals surface area contributed by atoms with Crippen LogP contribution in [0.25, 0.3) is 0 Å². The molecule has 1 N–H and O–H groups in total. The van der Waals surface area contributed by atoms with Crippen LogP contribution in [0.4, 0.5) is 0 Å². The number of alkyl halides is 2. The fourth-order valence-corrected chi connectivity index (χ4v) is 1.93. The summed E-state index contributed by atoms with van der Waals surface area (Å²) in [4.78, 5) is 9.46. The van der Waals surface area contributed by atoms with Crippen LogP contribution in [0.1, 0.15) is 25.7 Å². The van der Waals surface area contributed by atoms with Gasteiger partial charge in [0.1, 0.15) is 0 Å². The van der Waals surface area contributed by atoms with E-state index in [9.17, 15) is 4.79 Å². The smallest absolute Gasteiger partial charge is 0.326 e.